The first kappa shape index (κ1) is 20.6. The number of hydrogen-bond donors (Lipinski definition) is 1. The zero-order chi connectivity index (χ0) is 22.0. The van der Waals surface area contributed by atoms with Crippen molar-refractivity contribution in [2.24, 2.45) is 0 Å². The Labute approximate surface area is 180 Å². The van der Waals surface area contributed by atoms with Crippen LogP contribution in [0.3, 0.4) is 0 Å². The lowest BCUT2D eigenvalue weighted by Crippen LogP contribution is -2.42. The van der Waals surface area contributed by atoms with Crippen LogP contribution in [0.15, 0.2) is 59.4 Å². The molecule has 0 spiro atoms. The van der Waals surface area contributed by atoms with Gasteiger partial charge < -0.3 is 10.2 Å². The molecule has 0 bridgehead atoms. The Balaban J connectivity index is 1.46. The summed E-state index contributed by atoms with van der Waals surface area (Å²) < 4.78 is 2.42. The lowest BCUT2D eigenvalue weighted by Gasteiger charge is -2.26. The Kier molecular flexibility index (Phi) is 5.70. The van der Waals surface area contributed by atoms with Gasteiger partial charge in [-0.3, -0.25) is 14.2 Å². The molecule has 2 amide bonds. The van der Waals surface area contributed by atoms with Gasteiger partial charge in [0, 0.05) is 19.6 Å². The quantitative estimate of drug-likeness (QED) is 0.661. The molecular formula is C23H25N5O3. The summed E-state index contributed by atoms with van der Waals surface area (Å²) in [5, 5.41) is 7.04. The van der Waals surface area contributed by atoms with E-state index in [1.807, 2.05) is 68.4 Å². The van der Waals surface area contributed by atoms with E-state index >= 15 is 0 Å². The molecule has 0 fully saturated rings. The summed E-state index contributed by atoms with van der Waals surface area (Å²) in [7, 11) is 0. The third kappa shape index (κ3) is 4.42. The van der Waals surface area contributed by atoms with Crippen LogP contribution < -0.4 is 11.0 Å². The maximum Gasteiger partial charge on any atom is 0.346 e. The third-order valence-corrected chi connectivity index (χ3v) is 5.42. The monoisotopic (exact) mass is 419 g/mol. The number of carbonyl (C=O) groups excluding carboxylic acids is 2. The summed E-state index contributed by atoms with van der Waals surface area (Å²) in [6.45, 7) is 4.87. The van der Waals surface area contributed by atoms with Gasteiger partial charge in [0.15, 0.2) is 0 Å². The summed E-state index contributed by atoms with van der Waals surface area (Å²) in [4.78, 5) is 39.7. The summed E-state index contributed by atoms with van der Waals surface area (Å²) >= 11 is 0. The van der Waals surface area contributed by atoms with Gasteiger partial charge in [-0.15, -0.1) is 5.10 Å². The van der Waals surface area contributed by atoms with E-state index in [1.54, 1.807) is 4.90 Å². The van der Waals surface area contributed by atoms with Crippen molar-refractivity contribution < 1.29 is 9.59 Å². The topological polar surface area (TPSA) is 89.2 Å². The number of benzene rings is 2. The fraction of sp³-hybridized carbons (Fsp3) is 0.304. The molecule has 0 unspecified atom stereocenters. The first-order valence-corrected chi connectivity index (χ1v) is 10.3. The predicted octanol–water partition coefficient (Wildman–Crippen LogP) is 1.89. The second-order valence-corrected chi connectivity index (χ2v) is 7.83. The van der Waals surface area contributed by atoms with Crippen LogP contribution in [-0.4, -0.2) is 37.6 Å². The van der Waals surface area contributed by atoms with Gasteiger partial charge in [0.2, 0.25) is 11.7 Å². The predicted molar refractivity (Wildman–Crippen MR) is 115 cm³/mol. The van der Waals surface area contributed by atoms with E-state index in [0.29, 0.717) is 19.6 Å². The van der Waals surface area contributed by atoms with Crippen molar-refractivity contribution in [3.8, 4) is 0 Å². The molecule has 2 heterocycles. The lowest BCUT2D eigenvalue weighted by atomic mass is 10.1. The number of aromatic nitrogens is 3. The zero-order valence-electron chi connectivity index (χ0n) is 17.6. The number of nitrogens with zero attached hydrogens (tertiary/aromatic N) is 4. The largest absolute Gasteiger partial charge is 0.348 e. The maximum absolute atomic E-state index is 12.9. The van der Waals surface area contributed by atoms with Crippen molar-refractivity contribution in [3.05, 3.63) is 87.6 Å². The van der Waals surface area contributed by atoms with Gasteiger partial charge in [-0.25, -0.2) is 9.48 Å². The second-order valence-electron chi connectivity index (χ2n) is 7.83. The Morgan fingerprint density at radius 2 is 1.87 bits per heavy atom. The van der Waals surface area contributed by atoms with E-state index in [2.05, 4.69) is 10.4 Å². The highest BCUT2D eigenvalue weighted by atomic mass is 16.2. The minimum atomic E-state index is -0.443. The molecule has 0 aliphatic carbocycles. The van der Waals surface area contributed by atoms with E-state index in [1.165, 1.54) is 4.57 Å². The minimum absolute atomic E-state index is 0.0767. The Morgan fingerprint density at radius 1 is 1.10 bits per heavy atom. The van der Waals surface area contributed by atoms with Gasteiger partial charge >= 0.3 is 5.69 Å². The normalized spacial score (nSPS) is 14.3. The van der Waals surface area contributed by atoms with Crippen LogP contribution in [0.2, 0.25) is 0 Å². The minimum Gasteiger partial charge on any atom is -0.348 e. The summed E-state index contributed by atoms with van der Waals surface area (Å²) in [5.41, 5.74) is 2.67. The first-order chi connectivity index (χ1) is 14.9. The van der Waals surface area contributed by atoms with E-state index in [-0.39, 0.29) is 30.2 Å². The number of hydrogen-bond acceptors (Lipinski definition) is 4. The molecule has 160 valence electrons. The van der Waals surface area contributed by atoms with E-state index < -0.39 is 5.69 Å². The molecule has 1 N–H and O–H groups in total. The van der Waals surface area contributed by atoms with Crippen LogP contribution in [0.4, 0.5) is 0 Å². The molecule has 1 aliphatic heterocycles. The molecule has 1 aromatic heterocycles. The van der Waals surface area contributed by atoms with E-state index in [9.17, 15) is 14.4 Å². The van der Waals surface area contributed by atoms with E-state index in [0.717, 1.165) is 21.4 Å². The first-order valence-electron chi connectivity index (χ1n) is 10.3. The summed E-state index contributed by atoms with van der Waals surface area (Å²) in [6.07, 6.45) is 0. The smallest absolute Gasteiger partial charge is 0.346 e. The zero-order valence-corrected chi connectivity index (χ0v) is 17.6. The van der Waals surface area contributed by atoms with Crippen molar-refractivity contribution in [2.75, 3.05) is 6.54 Å². The highest BCUT2D eigenvalue weighted by molar-refractivity contribution is 5.91. The fourth-order valence-electron chi connectivity index (χ4n) is 3.80. The fourth-order valence-corrected chi connectivity index (χ4v) is 3.80. The molecule has 0 saturated carbocycles. The summed E-state index contributed by atoms with van der Waals surface area (Å²) in [5.74, 6) is -0.563. The number of rotatable bonds is 6. The number of aryl methyl sites for hydroxylation is 1. The lowest BCUT2D eigenvalue weighted by molar-refractivity contribution is -0.122. The van der Waals surface area contributed by atoms with Crippen LogP contribution in [0.5, 0.6) is 0 Å². The Bertz CT molecular complexity index is 1170. The van der Waals surface area contributed by atoms with Gasteiger partial charge in [0.1, 0.15) is 6.54 Å². The molecule has 31 heavy (non-hydrogen) atoms. The summed E-state index contributed by atoms with van der Waals surface area (Å²) in [6, 6.07) is 17.3. The van der Waals surface area contributed by atoms with E-state index in [4.69, 9.17) is 0 Å². The molecule has 1 aliphatic rings. The molecule has 4 rings (SSSR count). The number of nitrogens with one attached hydrogen (secondary N) is 1. The highest BCUT2D eigenvalue weighted by Gasteiger charge is 2.30. The van der Waals surface area contributed by atoms with Crippen LogP contribution in [0, 0.1) is 6.92 Å². The van der Waals surface area contributed by atoms with Crippen molar-refractivity contribution in [1.82, 2.24) is 24.6 Å². The van der Waals surface area contributed by atoms with Gasteiger partial charge in [-0.1, -0.05) is 60.2 Å². The molecule has 1 atom stereocenters. The Morgan fingerprint density at radius 3 is 2.61 bits per heavy atom. The van der Waals surface area contributed by atoms with Crippen molar-refractivity contribution in [1.29, 1.82) is 0 Å². The highest BCUT2D eigenvalue weighted by Crippen LogP contribution is 2.14. The van der Waals surface area contributed by atoms with Crippen LogP contribution in [0.25, 0.3) is 0 Å². The maximum atomic E-state index is 12.9. The van der Waals surface area contributed by atoms with Gasteiger partial charge in [-0.05, 0) is 25.0 Å². The SMILES string of the molecule is Cc1cccc(CN2CCn3c(nn(CC(=O)N[C@@H](C)c4ccccc4)c3=O)C2=O)c1. The van der Waals surface area contributed by atoms with Crippen molar-refractivity contribution in [2.45, 2.75) is 39.5 Å². The van der Waals surface area contributed by atoms with Gasteiger partial charge in [0.25, 0.3) is 5.91 Å². The average Bonchev–Trinajstić information content (AvgIpc) is 3.07. The van der Waals surface area contributed by atoms with Crippen molar-refractivity contribution in [3.63, 3.8) is 0 Å². The van der Waals surface area contributed by atoms with Crippen LogP contribution in [-0.2, 0) is 24.4 Å². The number of fused-ring (bicyclic) bond motifs is 1. The molecule has 0 radical (unpaired) electrons. The molecule has 2 aromatic carbocycles. The molecule has 8 nitrogen and oxygen atoms in total. The van der Waals surface area contributed by atoms with Gasteiger partial charge in [0.05, 0.1) is 6.04 Å². The molecule has 8 heteroatoms. The molecule has 0 saturated heterocycles. The number of carbonyl (C=O) groups is 2. The van der Waals surface area contributed by atoms with Crippen molar-refractivity contribution >= 4 is 11.8 Å². The number of amides is 2. The molecule has 3 aromatic rings. The average molecular weight is 419 g/mol. The van der Waals surface area contributed by atoms with Gasteiger partial charge in [-0.2, -0.15) is 0 Å². The van der Waals surface area contributed by atoms with Crippen LogP contribution >= 0.6 is 0 Å². The molecular weight excluding hydrogens is 394 g/mol. The third-order valence-electron chi connectivity index (χ3n) is 5.42. The Hall–Kier alpha value is -3.68. The second kappa shape index (κ2) is 8.59. The van der Waals surface area contributed by atoms with Crippen LogP contribution in [0.1, 0.15) is 40.3 Å². The standard InChI is InChI=1S/C23H25N5O3/c1-16-7-6-8-18(13-16)14-26-11-12-27-21(22(26)30)25-28(23(27)31)15-20(29)24-17(2)19-9-4-3-5-10-19/h3-10,13,17H,11-12,14-15H2,1-2H3,(H,24,29)/t17-/m0/s1.